The van der Waals surface area contributed by atoms with Crippen molar-refractivity contribution in [1.82, 2.24) is 8.61 Å². The van der Waals surface area contributed by atoms with Crippen molar-refractivity contribution >= 4 is 32.0 Å². The molecule has 2 heterocycles. The average molecular weight is 609 g/mol. The highest BCUT2D eigenvalue weighted by Crippen LogP contribution is 2.29. The normalized spacial score (nSPS) is 20.7. The molecule has 2 aromatic rings. The van der Waals surface area contributed by atoms with Crippen LogP contribution in [-0.2, 0) is 39.1 Å². The standard InChI is InChI=1S/C28H36N2O9S2/c1-3-37-27(31)21-7-5-17-29(19-21)40(33,34)25-13-9-23(10-14-25)39-24-11-15-26(16-12-24)41(35,36)30-18-6-8-22(20-30)28(32)38-4-2/h9-16,21-22H,3-8,17-20H2,1-2H3/t21-,22-/m0/s1. The Balaban J connectivity index is 1.39. The molecule has 0 bridgehead atoms. The van der Waals surface area contributed by atoms with Crippen LogP contribution >= 0.6 is 0 Å². The van der Waals surface area contributed by atoms with E-state index in [9.17, 15) is 26.4 Å². The van der Waals surface area contributed by atoms with Crippen LogP contribution in [0, 0.1) is 11.8 Å². The molecular weight excluding hydrogens is 572 g/mol. The van der Waals surface area contributed by atoms with Gasteiger partial charge in [0.15, 0.2) is 0 Å². The minimum absolute atomic E-state index is 0.0790. The quantitative estimate of drug-likeness (QED) is 0.372. The van der Waals surface area contributed by atoms with Crippen molar-refractivity contribution in [2.45, 2.75) is 49.3 Å². The maximum atomic E-state index is 13.2. The van der Waals surface area contributed by atoms with Gasteiger partial charge in [-0.1, -0.05) is 0 Å². The lowest BCUT2D eigenvalue weighted by Gasteiger charge is -2.30. The Bertz CT molecular complexity index is 1320. The van der Waals surface area contributed by atoms with Gasteiger partial charge in [-0.25, -0.2) is 16.8 Å². The lowest BCUT2D eigenvalue weighted by Crippen LogP contribution is -2.42. The van der Waals surface area contributed by atoms with E-state index in [-0.39, 0.29) is 48.0 Å². The predicted molar refractivity (Wildman–Crippen MR) is 149 cm³/mol. The van der Waals surface area contributed by atoms with E-state index in [0.29, 0.717) is 50.3 Å². The zero-order chi connectivity index (χ0) is 29.6. The van der Waals surface area contributed by atoms with Gasteiger partial charge in [0.25, 0.3) is 0 Å². The van der Waals surface area contributed by atoms with Crippen molar-refractivity contribution in [2.24, 2.45) is 11.8 Å². The summed E-state index contributed by atoms with van der Waals surface area (Å²) in [5.74, 6) is -0.992. The average Bonchev–Trinajstić information content (AvgIpc) is 2.98. The van der Waals surface area contributed by atoms with E-state index < -0.39 is 31.9 Å². The Labute approximate surface area is 241 Å². The number of piperidine rings is 2. The minimum atomic E-state index is -3.81. The van der Waals surface area contributed by atoms with Gasteiger partial charge in [0.2, 0.25) is 20.0 Å². The summed E-state index contributed by atoms with van der Waals surface area (Å²) in [6, 6.07) is 11.8. The lowest BCUT2D eigenvalue weighted by molar-refractivity contribution is -0.150. The number of carbonyl (C=O) groups is 2. The molecule has 2 fully saturated rings. The summed E-state index contributed by atoms with van der Waals surface area (Å²) in [5, 5.41) is 0. The van der Waals surface area contributed by atoms with Crippen molar-refractivity contribution in [2.75, 3.05) is 39.4 Å². The molecule has 13 heteroatoms. The van der Waals surface area contributed by atoms with Crippen LogP contribution in [0.25, 0.3) is 0 Å². The van der Waals surface area contributed by atoms with Crippen molar-refractivity contribution in [3.8, 4) is 11.5 Å². The second kappa shape index (κ2) is 13.3. The van der Waals surface area contributed by atoms with Gasteiger partial charge >= 0.3 is 11.9 Å². The van der Waals surface area contributed by atoms with E-state index in [0.717, 1.165) is 0 Å². The molecule has 2 aliphatic heterocycles. The van der Waals surface area contributed by atoms with Crippen LogP contribution in [-0.4, -0.2) is 76.8 Å². The van der Waals surface area contributed by atoms with Gasteiger partial charge in [0.05, 0.1) is 34.8 Å². The molecule has 0 aromatic heterocycles. The van der Waals surface area contributed by atoms with Crippen LogP contribution in [0.4, 0.5) is 0 Å². The van der Waals surface area contributed by atoms with Crippen LogP contribution in [0.2, 0.25) is 0 Å². The summed E-state index contributed by atoms with van der Waals surface area (Å²) in [4.78, 5) is 24.4. The van der Waals surface area contributed by atoms with Crippen LogP contribution in [0.3, 0.4) is 0 Å². The highest BCUT2D eigenvalue weighted by atomic mass is 32.2. The third-order valence-corrected chi connectivity index (χ3v) is 10.9. The largest absolute Gasteiger partial charge is 0.466 e. The molecule has 0 unspecified atom stereocenters. The molecule has 0 saturated carbocycles. The molecule has 0 radical (unpaired) electrons. The van der Waals surface area contributed by atoms with Gasteiger partial charge < -0.3 is 14.2 Å². The van der Waals surface area contributed by atoms with Gasteiger partial charge in [0.1, 0.15) is 11.5 Å². The fraction of sp³-hybridized carbons (Fsp3) is 0.500. The van der Waals surface area contributed by atoms with E-state index in [1.165, 1.54) is 57.1 Å². The third-order valence-electron chi connectivity index (χ3n) is 7.17. The molecule has 0 N–H and O–H groups in total. The first-order chi connectivity index (χ1) is 19.6. The van der Waals surface area contributed by atoms with Gasteiger partial charge in [-0.15, -0.1) is 0 Å². The monoisotopic (exact) mass is 608 g/mol. The maximum Gasteiger partial charge on any atom is 0.310 e. The zero-order valence-corrected chi connectivity index (χ0v) is 24.9. The van der Waals surface area contributed by atoms with Gasteiger partial charge in [0, 0.05) is 26.2 Å². The first-order valence-corrected chi connectivity index (χ1v) is 16.7. The van der Waals surface area contributed by atoms with Crippen LogP contribution in [0.5, 0.6) is 11.5 Å². The molecule has 224 valence electrons. The smallest absolute Gasteiger partial charge is 0.310 e. The molecule has 0 spiro atoms. The number of carbonyl (C=O) groups excluding carboxylic acids is 2. The highest BCUT2D eigenvalue weighted by molar-refractivity contribution is 7.89. The molecule has 2 saturated heterocycles. The molecule has 2 aliphatic rings. The number of hydrogen-bond acceptors (Lipinski definition) is 9. The Morgan fingerprint density at radius 3 is 1.39 bits per heavy atom. The topological polar surface area (TPSA) is 137 Å². The summed E-state index contributed by atoms with van der Waals surface area (Å²) >= 11 is 0. The summed E-state index contributed by atoms with van der Waals surface area (Å²) in [6.07, 6.45) is 2.31. The molecule has 11 nitrogen and oxygen atoms in total. The molecule has 0 amide bonds. The zero-order valence-electron chi connectivity index (χ0n) is 23.2. The fourth-order valence-corrected chi connectivity index (χ4v) is 8.07. The number of hydrogen-bond donors (Lipinski definition) is 0. The Morgan fingerprint density at radius 2 is 1.05 bits per heavy atom. The Hall–Kier alpha value is -3.00. The number of sulfonamides is 2. The van der Waals surface area contributed by atoms with Crippen molar-refractivity contribution in [1.29, 1.82) is 0 Å². The number of nitrogens with zero attached hydrogens (tertiary/aromatic N) is 2. The van der Waals surface area contributed by atoms with Gasteiger partial charge in [-0.2, -0.15) is 8.61 Å². The Kier molecular flexibility index (Phi) is 10.1. The highest BCUT2D eigenvalue weighted by Gasteiger charge is 2.35. The van der Waals surface area contributed by atoms with E-state index >= 15 is 0 Å². The number of rotatable bonds is 10. The van der Waals surface area contributed by atoms with Crippen LogP contribution < -0.4 is 4.74 Å². The second-order valence-electron chi connectivity index (χ2n) is 9.95. The summed E-state index contributed by atoms with van der Waals surface area (Å²) in [6.45, 7) is 4.74. The number of ether oxygens (including phenoxy) is 3. The van der Waals surface area contributed by atoms with E-state index in [2.05, 4.69) is 0 Å². The first kappa shape index (κ1) is 30.9. The van der Waals surface area contributed by atoms with Gasteiger partial charge in [-0.3, -0.25) is 9.59 Å². The van der Waals surface area contributed by atoms with Crippen LogP contribution in [0.15, 0.2) is 58.3 Å². The second-order valence-corrected chi connectivity index (χ2v) is 13.8. The van der Waals surface area contributed by atoms with E-state index in [4.69, 9.17) is 14.2 Å². The van der Waals surface area contributed by atoms with Crippen molar-refractivity contribution < 1.29 is 40.6 Å². The molecule has 2 atom stereocenters. The van der Waals surface area contributed by atoms with Gasteiger partial charge in [-0.05, 0) is 88.1 Å². The minimum Gasteiger partial charge on any atom is -0.466 e. The summed E-state index contributed by atoms with van der Waals surface area (Å²) < 4.78 is 71.3. The van der Waals surface area contributed by atoms with E-state index in [1.807, 2.05) is 0 Å². The van der Waals surface area contributed by atoms with Crippen LogP contribution in [0.1, 0.15) is 39.5 Å². The first-order valence-electron chi connectivity index (χ1n) is 13.8. The summed E-state index contributed by atoms with van der Waals surface area (Å²) in [7, 11) is -7.62. The molecule has 2 aromatic carbocycles. The van der Waals surface area contributed by atoms with Crippen molar-refractivity contribution in [3.63, 3.8) is 0 Å². The number of benzene rings is 2. The summed E-state index contributed by atoms with van der Waals surface area (Å²) in [5.41, 5.74) is 0. The maximum absolute atomic E-state index is 13.2. The molecule has 0 aliphatic carbocycles. The Morgan fingerprint density at radius 1 is 0.683 bits per heavy atom. The van der Waals surface area contributed by atoms with Crippen molar-refractivity contribution in [3.05, 3.63) is 48.5 Å². The SMILES string of the molecule is CCOC(=O)[C@H]1CCCN(S(=O)(=O)c2ccc(Oc3ccc(S(=O)(=O)N4CCC[C@H](C(=O)OCC)C4)cc3)cc2)C1. The molecular formula is C28H36N2O9S2. The third kappa shape index (κ3) is 7.26. The lowest BCUT2D eigenvalue weighted by atomic mass is 10.0. The molecule has 4 rings (SSSR count). The number of esters is 2. The van der Waals surface area contributed by atoms with E-state index in [1.54, 1.807) is 13.8 Å². The fourth-order valence-electron chi connectivity index (χ4n) is 5.02. The predicted octanol–water partition coefficient (Wildman–Crippen LogP) is 3.41. The molecule has 41 heavy (non-hydrogen) atoms.